The summed E-state index contributed by atoms with van der Waals surface area (Å²) < 4.78 is 19.8. The van der Waals surface area contributed by atoms with Crippen LogP contribution in [0.5, 0.6) is 0 Å². The van der Waals surface area contributed by atoms with Crippen LogP contribution in [0.4, 0.5) is 4.39 Å². The Morgan fingerprint density at radius 3 is 2.83 bits per heavy atom. The molecule has 0 N–H and O–H groups in total. The van der Waals surface area contributed by atoms with Crippen molar-refractivity contribution >= 4 is 5.91 Å². The van der Waals surface area contributed by atoms with Crippen molar-refractivity contribution in [2.75, 3.05) is 13.2 Å². The van der Waals surface area contributed by atoms with Crippen molar-refractivity contribution in [3.63, 3.8) is 0 Å². The van der Waals surface area contributed by atoms with Crippen LogP contribution < -0.4 is 0 Å². The van der Waals surface area contributed by atoms with E-state index in [4.69, 9.17) is 4.74 Å². The molecule has 126 valence electrons. The molecule has 2 aromatic rings. The van der Waals surface area contributed by atoms with E-state index in [9.17, 15) is 9.18 Å². The minimum absolute atomic E-state index is 0.0240. The molecule has 1 aromatic carbocycles. The number of amides is 1. The van der Waals surface area contributed by atoms with E-state index < -0.39 is 5.82 Å². The first-order valence-corrected chi connectivity index (χ1v) is 8.26. The van der Waals surface area contributed by atoms with Gasteiger partial charge in [0, 0.05) is 19.3 Å². The number of nitrogens with zero attached hydrogens (tertiary/aromatic N) is 2. The third-order valence-electron chi connectivity index (χ3n) is 4.42. The lowest BCUT2D eigenvalue weighted by atomic mass is 10.0. The first-order chi connectivity index (χ1) is 11.7. The highest BCUT2D eigenvalue weighted by Gasteiger charge is 2.38. The van der Waals surface area contributed by atoms with Crippen LogP contribution in [0, 0.1) is 5.82 Å². The molecule has 1 aliphatic rings. The minimum Gasteiger partial charge on any atom is -0.376 e. The predicted octanol–water partition coefficient (Wildman–Crippen LogP) is 3.08. The molecule has 0 saturated carbocycles. The maximum atomic E-state index is 14.0. The van der Waals surface area contributed by atoms with Crippen LogP contribution >= 0.6 is 0 Å². The second-order valence-corrected chi connectivity index (χ2v) is 5.89. The molecule has 1 aliphatic heterocycles. The normalized spacial score (nSPS) is 20.3. The molecule has 24 heavy (non-hydrogen) atoms. The number of carbonyl (C=O) groups is 1. The highest BCUT2D eigenvalue weighted by Crippen LogP contribution is 2.26. The van der Waals surface area contributed by atoms with E-state index in [0.29, 0.717) is 19.6 Å². The fourth-order valence-electron chi connectivity index (χ4n) is 3.29. The highest BCUT2D eigenvalue weighted by atomic mass is 19.1. The number of likely N-dealkylation sites (tertiary alicyclic amines) is 1. The average molecular weight is 328 g/mol. The number of aromatic nitrogens is 1. The maximum Gasteiger partial charge on any atom is 0.257 e. The van der Waals surface area contributed by atoms with Crippen molar-refractivity contribution in [3.05, 3.63) is 65.7 Å². The van der Waals surface area contributed by atoms with Crippen LogP contribution in [-0.4, -0.2) is 41.1 Å². The van der Waals surface area contributed by atoms with Gasteiger partial charge in [-0.15, -0.1) is 0 Å². The van der Waals surface area contributed by atoms with Gasteiger partial charge in [-0.25, -0.2) is 4.39 Å². The SMILES string of the molecule is CCO[C@H]1CCN(C(=O)c2ccncc2F)[C@H]1Cc1ccccc1. The second-order valence-electron chi connectivity index (χ2n) is 5.89. The van der Waals surface area contributed by atoms with E-state index in [-0.39, 0.29) is 23.6 Å². The number of pyridine rings is 1. The highest BCUT2D eigenvalue weighted by molar-refractivity contribution is 5.94. The van der Waals surface area contributed by atoms with Crippen LogP contribution in [0.2, 0.25) is 0 Å². The Kier molecular flexibility index (Phi) is 5.20. The number of hydrogen-bond acceptors (Lipinski definition) is 3. The predicted molar refractivity (Wildman–Crippen MR) is 89.2 cm³/mol. The molecule has 3 rings (SSSR count). The minimum atomic E-state index is -0.583. The Labute approximate surface area is 141 Å². The number of benzene rings is 1. The number of rotatable bonds is 5. The summed E-state index contributed by atoms with van der Waals surface area (Å²) in [6.45, 7) is 3.12. The molecule has 1 aromatic heterocycles. The number of halogens is 1. The van der Waals surface area contributed by atoms with E-state index in [0.717, 1.165) is 18.2 Å². The molecule has 5 heteroatoms. The summed E-state index contributed by atoms with van der Waals surface area (Å²) in [5, 5.41) is 0. The topological polar surface area (TPSA) is 42.4 Å². The number of ether oxygens (including phenoxy) is 1. The first kappa shape index (κ1) is 16.6. The molecule has 2 heterocycles. The van der Waals surface area contributed by atoms with Crippen LogP contribution in [-0.2, 0) is 11.2 Å². The molecule has 1 fully saturated rings. The fraction of sp³-hybridized carbons (Fsp3) is 0.368. The zero-order valence-corrected chi connectivity index (χ0v) is 13.7. The van der Waals surface area contributed by atoms with Gasteiger partial charge >= 0.3 is 0 Å². The Bertz CT molecular complexity index is 693. The van der Waals surface area contributed by atoms with Crippen molar-refractivity contribution < 1.29 is 13.9 Å². The molecular weight excluding hydrogens is 307 g/mol. The van der Waals surface area contributed by atoms with Crippen molar-refractivity contribution in [1.29, 1.82) is 0 Å². The third kappa shape index (κ3) is 3.46. The average Bonchev–Trinajstić information content (AvgIpc) is 2.99. The van der Waals surface area contributed by atoms with E-state index in [2.05, 4.69) is 4.98 Å². The summed E-state index contributed by atoms with van der Waals surface area (Å²) in [5.41, 5.74) is 1.21. The van der Waals surface area contributed by atoms with Gasteiger partial charge in [0.25, 0.3) is 5.91 Å². The Morgan fingerprint density at radius 2 is 2.12 bits per heavy atom. The Hall–Kier alpha value is -2.27. The summed E-state index contributed by atoms with van der Waals surface area (Å²) in [6, 6.07) is 11.4. The van der Waals surface area contributed by atoms with E-state index in [1.54, 1.807) is 4.90 Å². The standard InChI is InChI=1S/C19H21FN2O2/c1-2-24-18-9-11-22(17(18)12-14-6-4-3-5-7-14)19(23)15-8-10-21-13-16(15)20/h3-8,10,13,17-18H,2,9,11-12H2,1H3/t17-,18-/m0/s1. The summed E-state index contributed by atoms with van der Waals surface area (Å²) in [7, 11) is 0. The molecule has 2 atom stereocenters. The van der Waals surface area contributed by atoms with E-state index >= 15 is 0 Å². The number of carbonyl (C=O) groups excluding carboxylic acids is 1. The van der Waals surface area contributed by atoms with Gasteiger partial charge in [-0.3, -0.25) is 9.78 Å². The van der Waals surface area contributed by atoms with Crippen molar-refractivity contribution in [1.82, 2.24) is 9.88 Å². The van der Waals surface area contributed by atoms with Gasteiger partial charge < -0.3 is 9.64 Å². The Morgan fingerprint density at radius 1 is 1.33 bits per heavy atom. The summed E-state index contributed by atoms with van der Waals surface area (Å²) in [5.74, 6) is -0.876. The van der Waals surface area contributed by atoms with E-state index in [1.807, 2.05) is 37.3 Å². The molecule has 0 bridgehead atoms. The zero-order chi connectivity index (χ0) is 16.9. The van der Waals surface area contributed by atoms with Gasteiger partial charge in [0.05, 0.1) is 23.9 Å². The van der Waals surface area contributed by atoms with Crippen LogP contribution in [0.25, 0.3) is 0 Å². The van der Waals surface area contributed by atoms with Gasteiger partial charge in [-0.1, -0.05) is 30.3 Å². The van der Waals surface area contributed by atoms with Crippen molar-refractivity contribution in [3.8, 4) is 0 Å². The molecule has 0 aliphatic carbocycles. The molecular formula is C19H21FN2O2. The van der Waals surface area contributed by atoms with Gasteiger partial charge in [0.1, 0.15) is 0 Å². The maximum absolute atomic E-state index is 14.0. The first-order valence-electron chi connectivity index (χ1n) is 8.26. The molecule has 0 unspecified atom stereocenters. The van der Waals surface area contributed by atoms with Crippen LogP contribution in [0.15, 0.2) is 48.8 Å². The fourth-order valence-corrected chi connectivity index (χ4v) is 3.29. The molecule has 1 saturated heterocycles. The summed E-state index contributed by atoms with van der Waals surface area (Å²) in [6.07, 6.45) is 3.96. The summed E-state index contributed by atoms with van der Waals surface area (Å²) >= 11 is 0. The monoisotopic (exact) mass is 328 g/mol. The van der Waals surface area contributed by atoms with Crippen LogP contribution in [0.1, 0.15) is 29.3 Å². The molecule has 1 amide bonds. The number of hydrogen-bond donors (Lipinski definition) is 0. The van der Waals surface area contributed by atoms with Gasteiger partial charge in [-0.2, -0.15) is 0 Å². The van der Waals surface area contributed by atoms with Crippen LogP contribution in [0.3, 0.4) is 0 Å². The van der Waals surface area contributed by atoms with Crippen molar-refractivity contribution in [2.45, 2.75) is 31.9 Å². The summed E-state index contributed by atoms with van der Waals surface area (Å²) in [4.78, 5) is 18.3. The van der Waals surface area contributed by atoms with Gasteiger partial charge in [-0.05, 0) is 31.4 Å². The Balaban J connectivity index is 1.85. The lowest BCUT2D eigenvalue weighted by Gasteiger charge is -2.28. The molecule has 0 spiro atoms. The quantitative estimate of drug-likeness (QED) is 0.847. The molecule has 0 radical (unpaired) electrons. The van der Waals surface area contributed by atoms with Crippen molar-refractivity contribution in [2.24, 2.45) is 0 Å². The lowest BCUT2D eigenvalue weighted by molar-refractivity contribution is 0.0310. The second kappa shape index (κ2) is 7.53. The lowest BCUT2D eigenvalue weighted by Crippen LogP contribution is -2.42. The van der Waals surface area contributed by atoms with Gasteiger partial charge in [0.15, 0.2) is 5.82 Å². The third-order valence-corrected chi connectivity index (χ3v) is 4.42. The van der Waals surface area contributed by atoms with E-state index in [1.165, 1.54) is 12.3 Å². The molecule has 4 nitrogen and oxygen atoms in total. The van der Waals surface area contributed by atoms with Gasteiger partial charge in [0.2, 0.25) is 0 Å². The largest absolute Gasteiger partial charge is 0.376 e. The zero-order valence-electron chi connectivity index (χ0n) is 13.7. The smallest absolute Gasteiger partial charge is 0.257 e.